The maximum absolute atomic E-state index is 9.37. The van der Waals surface area contributed by atoms with E-state index in [1.807, 2.05) is 6.07 Å². The zero-order chi connectivity index (χ0) is 17.1. The normalized spacial score (nSPS) is 18.0. The van der Waals surface area contributed by atoms with Crippen molar-refractivity contribution in [3.05, 3.63) is 36.0 Å². The van der Waals surface area contributed by atoms with Crippen molar-refractivity contribution >= 4 is 33.5 Å². The summed E-state index contributed by atoms with van der Waals surface area (Å²) in [6.45, 7) is 2.93. The molecule has 25 heavy (non-hydrogen) atoms. The first-order valence-electron chi connectivity index (χ1n) is 8.82. The average Bonchev–Trinajstić information content (AvgIpc) is 3.29. The van der Waals surface area contributed by atoms with Crippen LogP contribution < -0.4 is 10.2 Å². The Morgan fingerprint density at radius 3 is 3.20 bits per heavy atom. The monoisotopic (exact) mass is 357 g/mol. The Morgan fingerprint density at radius 1 is 1.36 bits per heavy atom. The van der Waals surface area contributed by atoms with Crippen molar-refractivity contribution in [2.24, 2.45) is 5.92 Å². The number of aliphatic hydroxyl groups excluding tert-OH is 1. The highest BCUT2D eigenvalue weighted by Crippen LogP contribution is 2.26. The van der Waals surface area contributed by atoms with E-state index in [1.54, 1.807) is 0 Å². The number of piperidine rings is 1. The number of benzene rings is 1. The van der Waals surface area contributed by atoms with E-state index in [9.17, 15) is 5.11 Å². The van der Waals surface area contributed by atoms with Crippen molar-refractivity contribution in [3.8, 4) is 0 Å². The molecule has 1 aromatic carbocycles. The van der Waals surface area contributed by atoms with Gasteiger partial charge in [-0.05, 0) is 36.8 Å². The fourth-order valence-corrected chi connectivity index (χ4v) is 4.13. The maximum Gasteiger partial charge on any atom is 0.236 e. The average molecular weight is 357 g/mol. The van der Waals surface area contributed by atoms with E-state index in [0.29, 0.717) is 11.9 Å². The topological polar surface area (TPSA) is 77.1 Å². The Balaban J connectivity index is 1.34. The lowest BCUT2D eigenvalue weighted by Crippen LogP contribution is -2.36. The summed E-state index contributed by atoms with van der Waals surface area (Å²) in [6.07, 6.45) is 5.21. The van der Waals surface area contributed by atoms with Crippen LogP contribution in [0.3, 0.4) is 0 Å². The standard InChI is InChI=1S/C18H23N5OS/c24-12-13-4-3-9-23(11-13)18-21-17(22-25-18)19-8-7-14-10-20-16-6-2-1-5-15(14)16/h1-2,5-6,10,13,20,24H,3-4,7-9,11-12H2,(H,19,22). The molecule has 1 unspecified atom stereocenters. The summed E-state index contributed by atoms with van der Waals surface area (Å²) >= 11 is 1.43. The van der Waals surface area contributed by atoms with Gasteiger partial charge in [-0.15, -0.1) is 0 Å². The van der Waals surface area contributed by atoms with Gasteiger partial charge in [0.1, 0.15) is 0 Å². The summed E-state index contributed by atoms with van der Waals surface area (Å²) in [5.74, 6) is 1.06. The van der Waals surface area contributed by atoms with E-state index in [2.05, 4.69) is 49.0 Å². The molecule has 0 saturated carbocycles. The van der Waals surface area contributed by atoms with E-state index in [4.69, 9.17) is 0 Å². The van der Waals surface area contributed by atoms with Gasteiger partial charge in [0, 0.05) is 54.9 Å². The smallest absolute Gasteiger partial charge is 0.236 e. The first-order valence-corrected chi connectivity index (χ1v) is 9.59. The highest BCUT2D eigenvalue weighted by molar-refractivity contribution is 7.09. The first-order chi connectivity index (χ1) is 12.3. The Morgan fingerprint density at radius 2 is 2.28 bits per heavy atom. The lowest BCUT2D eigenvalue weighted by molar-refractivity contribution is 0.208. The van der Waals surface area contributed by atoms with Crippen molar-refractivity contribution in [1.29, 1.82) is 0 Å². The van der Waals surface area contributed by atoms with Gasteiger partial charge in [0.25, 0.3) is 0 Å². The number of aromatic amines is 1. The quantitative estimate of drug-likeness (QED) is 0.632. The van der Waals surface area contributed by atoms with E-state index >= 15 is 0 Å². The number of anilines is 2. The summed E-state index contributed by atoms with van der Waals surface area (Å²) in [4.78, 5) is 10.2. The second-order valence-corrected chi connectivity index (χ2v) is 7.30. The molecule has 1 saturated heterocycles. The molecular formula is C18H23N5OS. The molecule has 3 aromatic rings. The fourth-order valence-electron chi connectivity index (χ4n) is 3.45. The minimum absolute atomic E-state index is 0.255. The van der Waals surface area contributed by atoms with Crippen LogP contribution in [0.1, 0.15) is 18.4 Å². The lowest BCUT2D eigenvalue weighted by atomic mass is 10.00. The largest absolute Gasteiger partial charge is 0.396 e. The third-order valence-electron chi connectivity index (χ3n) is 4.82. The Labute approximate surface area is 151 Å². The molecule has 2 aromatic heterocycles. The number of rotatable bonds is 6. The van der Waals surface area contributed by atoms with Crippen molar-refractivity contribution in [3.63, 3.8) is 0 Å². The molecule has 0 radical (unpaired) electrons. The Bertz CT molecular complexity index is 830. The summed E-state index contributed by atoms with van der Waals surface area (Å²) in [6, 6.07) is 8.36. The third kappa shape index (κ3) is 3.62. The highest BCUT2D eigenvalue weighted by Gasteiger charge is 2.22. The summed E-state index contributed by atoms with van der Waals surface area (Å²) in [5, 5.41) is 14.9. The molecule has 4 rings (SSSR count). The number of aliphatic hydroxyl groups is 1. The maximum atomic E-state index is 9.37. The molecule has 1 aliphatic heterocycles. The zero-order valence-electron chi connectivity index (χ0n) is 14.1. The number of hydrogen-bond acceptors (Lipinski definition) is 6. The summed E-state index contributed by atoms with van der Waals surface area (Å²) < 4.78 is 4.43. The lowest BCUT2D eigenvalue weighted by Gasteiger charge is -2.31. The van der Waals surface area contributed by atoms with Crippen molar-refractivity contribution in [1.82, 2.24) is 14.3 Å². The number of nitrogens with zero attached hydrogens (tertiary/aromatic N) is 3. The van der Waals surface area contributed by atoms with Gasteiger partial charge < -0.3 is 20.3 Å². The van der Waals surface area contributed by atoms with Crippen LogP contribution >= 0.6 is 11.5 Å². The van der Waals surface area contributed by atoms with E-state index < -0.39 is 0 Å². The van der Waals surface area contributed by atoms with Gasteiger partial charge in [-0.3, -0.25) is 0 Å². The van der Waals surface area contributed by atoms with Crippen LogP contribution in [0, 0.1) is 5.92 Å². The van der Waals surface area contributed by atoms with E-state index in [1.165, 1.54) is 28.0 Å². The van der Waals surface area contributed by atoms with Gasteiger partial charge in [0.05, 0.1) is 0 Å². The van der Waals surface area contributed by atoms with Gasteiger partial charge in [0.15, 0.2) is 0 Å². The van der Waals surface area contributed by atoms with Gasteiger partial charge in [-0.2, -0.15) is 9.36 Å². The van der Waals surface area contributed by atoms with E-state index in [-0.39, 0.29) is 6.61 Å². The predicted molar refractivity (Wildman–Crippen MR) is 102 cm³/mol. The number of H-pyrrole nitrogens is 1. The SMILES string of the molecule is OCC1CCCN(c2nc(NCCc3c[nH]c4ccccc34)ns2)C1. The molecule has 1 fully saturated rings. The van der Waals surface area contributed by atoms with Crippen molar-refractivity contribution < 1.29 is 5.11 Å². The predicted octanol–water partition coefficient (Wildman–Crippen LogP) is 2.88. The van der Waals surface area contributed by atoms with Gasteiger partial charge in [0.2, 0.25) is 11.1 Å². The molecule has 0 aliphatic carbocycles. The molecule has 1 atom stereocenters. The second kappa shape index (κ2) is 7.41. The van der Waals surface area contributed by atoms with E-state index in [0.717, 1.165) is 44.0 Å². The fraction of sp³-hybridized carbons (Fsp3) is 0.444. The minimum atomic E-state index is 0.255. The highest BCUT2D eigenvalue weighted by atomic mass is 32.1. The number of nitrogens with one attached hydrogen (secondary N) is 2. The minimum Gasteiger partial charge on any atom is -0.396 e. The van der Waals surface area contributed by atoms with Crippen LogP contribution in [0.2, 0.25) is 0 Å². The molecule has 3 heterocycles. The molecule has 6 nitrogen and oxygen atoms in total. The number of aromatic nitrogens is 3. The van der Waals surface area contributed by atoms with Crippen molar-refractivity contribution in [2.45, 2.75) is 19.3 Å². The zero-order valence-corrected chi connectivity index (χ0v) is 14.9. The number of para-hydroxylation sites is 1. The molecule has 0 amide bonds. The van der Waals surface area contributed by atoms with Crippen LogP contribution in [0.15, 0.2) is 30.5 Å². The van der Waals surface area contributed by atoms with Crippen LogP contribution in [0.25, 0.3) is 10.9 Å². The molecule has 0 spiro atoms. The molecule has 1 aliphatic rings. The van der Waals surface area contributed by atoms with Crippen LogP contribution in [-0.2, 0) is 6.42 Å². The van der Waals surface area contributed by atoms with Gasteiger partial charge >= 0.3 is 0 Å². The summed E-state index contributed by atoms with van der Waals surface area (Å²) in [7, 11) is 0. The van der Waals surface area contributed by atoms with Crippen LogP contribution in [0.5, 0.6) is 0 Å². The van der Waals surface area contributed by atoms with Gasteiger partial charge in [-0.1, -0.05) is 18.2 Å². The molecule has 0 bridgehead atoms. The number of hydrogen-bond donors (Lipinski definition) is 3. The molecule has 132 valence electrons. The second-order valence-electron chi connectivity index (χ2n) is 6.57. The van der Waals surface area contributed by atoms with Gasteiger partial charge in [-0.25, -0.2) is 0 Å². The van der Waals surface area contributed by atoms with Crippen LogP contribution in [-0.4, -0.2) is 45.7 Å². The number of fused-ring (bicyclic) bond motifs is 1. The first kappa shape index (κ1) is 16.4. The van der Waals surface area contributed by atoms with Crippen LogP contribution in [0.4, 0.5) is 11.1 Å². The molecule has 7 heteroatoms. The summed E-state index contributed by atoms with van der Waals surface area (Å²) in [5.41, 5.74) is 2.48. The molecule has 3 N–H and O–H groups in total. The van der Waals surface area contributed by atoms with Crippen molar-refractivity contribution in [2.75, 3.05) is 36.5 Å². The Kier molecular flexibility index (Phi) is 4.85. The Hall–Kier alpha value is -2.12. The third-order valence-corrected chi connectivity index (χ3v) is 5.59. The molecular weight excluding hydrogens is 334 g/mol.